The molecule has 3 fully saturated rings. The molecule has 3 saturated heterocycles. The number of halogens is 1. The average molecular weight is 571 g/mol. The molecule has 0 aromatic heterocycles. The molecule has 196 valence electrons. The van der Waals surface area contributed by atoms with Gasteiger partial charge in [-0.05, 0) is 48.6 Å². The number of carbonyl (C=O) groups is 3. The lowest BCUT2D eigenvalue weighted by atomic mass is 9.70. The van der Waals surface area contributed by atoms with E-state index < -0.39 is 35.6 Å². The number of ether oxygens (including phenoxy) is 1. The molecule has 3 heterocycles. The topological polar surface area (TPSA) is 107 Å². The number of aliphatic hydroxyl groups is 1. The summed E-state index contributed by atoms with van der Waals surface area (Å²) < 4.78 is 6.36. The standard InChI is InChI=1S/C28H31BrN2O6/c1-2-12-30(19-11-10-17-8-4-5-9-18(17)15-19)26(34)24-28-16-20(29)23(37-28)21(27(35)36)22(28)25(33)31(24)13-6-3-7-14-32/h2,4-5,8-11,15,20-24,32H,1,3,6-7,12-14,16H2,(H,35,36)/t20?,21-,22+,23-,24?,28?/m1/s1. The Hall–Kier alpha value is -2.75. The SMILES string of the molecule is C=CCN(C(=O)C1N(CCCCCO)C(=O)[C@@H]2[C@@H](C(=O)O)[C@@H]3OC12CC3Br)c1ccc2ccccc2c1. The molecule has 6 atom stereocenters. The second kappa shape index (κ2) is 10.2. The van der Waals surface area contributed by atoms with Gasteiger partial charge < -0.3 is 24.7 Å². The number of carboxylic acids is 1. The highest BCUT2D eigenvalue weighted by Crippen LogP contribution is 2.60. The molecule has 3 unspecified atom stereocenters. The van der Waals surface area contributed by atoms with Crippen molar-refractivity contribution in [3.05, 3.63) is 55.1 Å². The van der Waals surface area contributed by atoms with E-state index in [0.717, 1.165) is 10.8 Å². The monoisotopic (exact) mass is 570 g/mol. The summed E-state index contributed by atoms with van der Waals surface area (Å²) in [7, 11) is 0. The summed E-state index contributed by atoms with van der Waals surface area (Å²) in [6, 6.07) is 12.7. The van der Waals surface area contributed by atoms with Crippen molar-refractivity contribution in [3.63, 3.8) is 0 Å². The fourth-order valence-corrected chi connectivity index (χ4v) is 7.39. The Balaban J connectivity index is 1.56. The van der Waals surface area contributed by atoms with Gasteiger partial charge in [0.2, 0.25) is 5.91 Å². The maximum absolute atomic E-state index is 14.4. The zero-order valence-corrected chi connectivity index (χ0v) is 22.0. The Morgan fingerprint density at radius 2 is 1.95 bits per heavy atom. The summed E-state index contributed by atoms with van der Waals surface area (Å²) >= 11 is 3.58. The first-order valence-electron chi connectivity index (χ1n) is 12.7. The van der Waals surface area contributed by atoms with Crippen molar-refractivity contribution in [1.29, 1.82) is 0 Å². The molecule has 2 aromatic rings. The quantitative estimate of drug-likeness (QED) is 0.258. The number of amides is 2. The van der Waals surface area contributed by atoms with E-state index in [1.54, 1.807) is 15.9 Å². The molecule has 3 aliphatic heterocycles. The molecule has 0 radical (unpaired) electrons. The van der Waals surface area contributed by atoms with Crippen LogP contribution < -0.4 is 4.90 Å². The molecule has 3 aliphatic rings. The molecule has 2 aromatic carbocycles. The lowest BCUT2D eigenvalue weighted by Crippen LogP contribution is -2.57. The molecule has 0 aliphatic carbocycles. The zero-order valence-electron chi connectivity index (χ0n) is 20.5. The van der Waals surface area contributed by atoms with Gasteiger partial charge in [-0.3, -0.25) is 14.4 Å². The number of likely N-dealkylation sites (tertiary alicyclic amines) is 1. The highest BCUT2D eigenvalue weighted by Gasteiger charge is 2.76. The van der Waals surface area contributed by atoms with Crippen molar-refractivity contribution in [1.82, 2.24) is 4.90 Å². The number of carbonyl (C=O) groups excluding carboxylic acids is 2. The number of unbranched alkanes of at least 4 members (excludes halogenated alkanes) is 2. The summed E-state index contributed by atoms with van der Waals surface area (Å²) in [6.07, 6.45) is 3.22. The number of hydrogen-bond acceptors (Lipinski definition) is 5. The minimum Gasteiger partial charge on any atom is -0.481 e. The van der Waals surface area contributed by atoms with Crippen LogP contribution in [0, 0.1) is 11.8 Å². The Morgan fingerprint density at radius 1 is 1.19 bits per heavy atom. The maximum atomic E-state index is 14.4. The van der Waals surface area contributed by atoms with E-state index in [1.807, 2.05) is 42.5 Å². The summed E-state index contributed by atoms with van der Waals surface area (Å²) in [6.45, 7) is 4.42. The van der Waals surface area contributed by atoms with Gasteiger partial charge in [-0.2, -0.15) is 0 Å². The first kappa shape index (κ1) is 25.9. The van der Waals surface area contributed by atoms with E-state index in [4.69, 9.17) is 4.74 Å². The molecule has 2 bridgehead atoms. The average Bonchev–Trinajstić information content (AvgIpc) is 3.48. The number of anilines is 1. The van der Waals surface area contributed by atoms with Gasteiger partial charge in [0.05, 0.1) is 17.9 Å². The summed E-state index contributed by atoms with van der Waals surface area (Å²) in [4.78, 5) is 43.4. The number of alkyl halides is 1. The van der Waals surface area contributed by atoms with Crippen LogP contribution in [0.15, 0.2) is 55.1 Å². The largest absolute Gasteiger partial charge is 0.481 e. The van der Waals surface area contributed by atoms with Crippen LogP contribution in [0.5, 0.6) is 0 Å². The molecular weight excluding hydrogens is 540 g/mol. The molecule has 2 amide bonds. The third kappa shape index (κ3) is 4.17. The number of benzene rings is 2. The Kier molecular flexibility index (Phi) is 7.13. The van der Waals surface area contributed by atoms with Crippen LogP contribution in [0.2, 0.25) is 0 Å². The third-order valence-electron chi connectivity index (χ3n) is 7.99. The van der Waals surface area contributed by atoms with Gasteiger partial charge in [0, 0.05) is 30.2 Å². The van der Waals surface area contributed by atoms with E-state index >= 15 is 0 Å². The van der Waals surface area contributed by atoms with E-state index in [1.165, 1.54) is 0 Å². The zero-order chi connectivity index (χ0) is 26.3. The van der Waals surface area contributed by atoms with Gasteiger partial charge >= 0.3 is 5.97 Å². The van der Waals surface area contributed by atoms with E-state index in [-0.39, 0.29) is 29.8 Å². The number of fused-ring (bicyclic) bond motifs is 2. The first-order valence-corrected chi connectivity index (χ1v) is 13.6. The Morgan fingerprint density at radius 3 is 2.65 bits per heavy atom. The van der Waals surface area contributed by atoms with Crippen molar-refractivity contribution < 1.29 is 29.3 Å². The first-order chi connectivity index (χ1) is 17.8. The Labute approximate surface area is 224 Å². The van der Waals surface area contributed by atoms with Gasteiger partial charge in [0.25, 0.3) is 5.91 Å². The smallest absolute Gasteiger partial charge is 0.310 e. The normalized spacial score (nSPS) is 30.1. The second-order valence-corrected chi connectivity index (χ2v) is 11.3. The van der Waals surface area contributed by atoms with Crippen LogP contribution >= 0.6 is 15.9 Å². The van der Waals surface area contributed by atoms with Gasteiger partial charge in [-0.15, -0.1) is 6.58 Å². The fourth-order valence-electron chi connectivity index (χ4n) is 6.45. The van der Waals surface area contributed by atoms with Crippen LogP contribution in [-0.2, 0) is 19.1 Å². The third-order valence-corrected chi connectivity index (χ3v) is 8.83. The van der Waals surface area contributed by atoms with Crippen LogP contribution in [0.1, 0.15) is 25.7 Å². The van der Waals surface area contributed by atoms with E-state index in [2.05, 4.69) is 22.5 Å². The number of rotatable bonds is 10. The molecule has 1 spiro atoms. The predicted molar refractivity (Wildman–Crippen MR) is 142 cm³/mol. The van der Waals surface area contributed by atoms with Gasteiger partial charge in [-0.25, -0.2) is 0 Å². The van der Waals surface area contributed by atoms with Crippen LogP contribution in [0.4, 0.5) is 5.69 Å². The lowest BCUT2D eigenvalue weighted by Gasteiger charge is -2.37. The highest BCUT2D eigenvalue weighted by molar-refractivity contribution is 9.09. The van der Waals surface area contributed by atoms with Crippen molar-refractivity contribution in [3.8, 4) is 0 Å². The molecular formula is C28H31BrN2O6. The number of carboxylic acid groups (broad SMARTS) is 1. The molecule has 9 heteroatoms. The molecule has 37 heavy (non-hydrogen) atoms. The summed E-state index contributed by atoms with van der Waals surface area (Å²) in [5.41, 5.74) is -0.544. The Bertz CT molecular complexity index is 1240. The minimum absolute atomic E-state index is 0.0507. The molecule has 5 rings (SSSR count). The predicted octanol–water partition coefficient (Wildman–Crippen LogP) is 3.35. The van der Waals surface area contributed by atoms with Crippen molar-refractivity contribution >= 4 is 50.2 Å². The molecule has 0 saturated carbocycles. The van der Waals surface area contributed by atoms with Crippen molar-refractivity contribution in [2.24, 2.45) is 11.8 Å². The second-order valence-electron chi connectivity index (χ2n) is 10.1. The van der Waals surface area contributed by atoms with E-state index in [0.29, 0.717) is 37.9 Å². The van der Waals surface area contributed by atoms with Crippen molar-refractivity contribution in [2.75, 3.05) is 24.6 Å². The summed E-state index contributed by atoms with van der Waals surface area (Å²) in [5, 5.41) is 21.2. The minimum atomic E-state index is -1.22. The summed E-state index contributed by atoms with van der Waals surface area (Å²) in [5.74, 6) is -3.66. The maximum Gasteiger partial charge on any atom is 0.310 e. The molecule has 2 N–H and O–H groups in total. The molecule has 8 nitrogen and oxygen atoms in total. The van der Waals surface area contributed by atoms with Gasteiger partial charge in [-0.1, -0.05) is 52.3 Å². The van der Waals surface area contributed by atoms with Crippen LogP contribution in [0.3, 0.4) is 0 Å². The van der Waals surface area contributed by atoms with Gasteiger partial charge in [0.15, 0.2) is 0 Å². The lowest BCUT2D eigenvalue weighted by molar-refractivity contribution is -0.149. The van der Waals surface area contributed by atoms with Crippen LogP contribution in [-0.4, -0.2) is 75.2 Å². The fraction of sp³-hybridized carbons (Fsp3) is 0.464. The highest BCUT2D eigenvalue weighted by atomic mass is 79.9. The van der Waals surface area contributed by atoms with E-state index in [9.17, 15) is 24.6 Å². The number of nitrogens with zero attached hydrogens (tertiary/aromatic N) is 2. The van der Waals surface area contributed by atoms with Crippen LogP contribution in [0.25, 0.3) is 10.8 Å². The number of hydrogen-bond donors (Lipinski definition) is 2. The van der Waals surface area contributed by atoms with Gasteiger partial charge in [0.1, 0.15) is 11.6 Å². The number of aliphatic carboxylic acids is 1. The number of aliphatic hydroxyl groups excluding tert-OH is 1. The van der Waals surface area contributed by atoms with Crippen molar-refractivity contribution in [2.45, 2.75) is 48.3 Å².